The standard InChI is InChI=1S/C23H34N2O2S2/c1-18-14-19(2)16-22(15-18)28-21-11-9-10-20(17-21)24-12-7-6-8-13-25-29(26,27)23(3,4)5/h9-11,14-17,24-25H,6-8,12-13H2,1-5H3. The summed E-state index contributed by atoms with van der Waals surface area (Å²) >= 11 is 1.78. The molecule has 6 heteroatoms. The summed E-state index contributed by atoms with van der Waals surface area (Å²) < 4.78 is 25.9. The molecule has 0 bridgehead atoms. The Kier molecular flexibility index (Phi) is 8.61. The highest BCUT2D eigenvalue weighted by molar-refractivity contribution is 7.99. The molecule has 0 aliphatic heterocycles. The Morgan fingerprint density at radius 3 is 2.17 bits per heavy atom. The van der Waals surface area contributed by atoms with Crippen LogP contribution in [0.15, 0.2) is 52.3 Å². The molecular formula is C23H34N2O2S2. The summed E-state index contributed by atoms with van der Waals surface area (Å²) in [5, 5.41) is 3.47. The maximum atomic E-state index is 12.0. The predicted octanol–water partition coefficient (Wildman–Crippen LogP) is 5.75. The van der Waals surface area contributed by atoms with Gasteiger partial charge in [-0.15, -0.1) is 0 Å². The number of hydrogen-bond acceptors (Lipinski definition) is 4. The smallest absolute Gasteiger partial charge is 0.216 e. The molecular weight excluding hydrogens is 400 g/mol. The summed E-state index contributed by atoms with van der Waals surface area (Å²) in [6, 6.07) is 15.1. The third-order valence-corrected chi connectivity index (χ3v) is 7.70. The molecule has 4 nitrogen and oxygen atoms in total. The van der Waals surface area contributed by atoms with Gasteiger partial charge in [0.05, 0.1) is 4.75 Å². The van der Waals surface area contributed by atoms with Gasteiger partial charge in [-0.3, -0.25) is 0 Å². The first-order chi connectivity index (χ1) is 13.6. The van der Waals surface area contributed by atoms with Crippen molar-refractivity contribution in [1.82, 2.24) is 4.72 Å². The average Bonchev–Trinajstić information content (AvgIpc) is 2.59. The zero-order chi connectivity index (χ0) is 21.5. The van der Waals surface area contributed by atoms with Crippen molar-refractivity contribution in [3.63, 3.8) is 0 Å². The number of sulfonamides is 1. The summed E-state index contributed by atoms with van der Waals surface area (Å²) in [5.74, 6) is 0. The van der Waals surface area contributed by atoms with Crippen molar-refractivity contribution in [3.8, 4) is 0 Å². The molecule has 0 atom stereocenters. The number of unbranched alkanes of at least 4 members (excludes halogenated alkanes) is 2. The summed E-state index contributed by atoms with van der Waals surface area (Å²) in [4.78, 5) is 2.48. The summed E-state index contributed by atoms with van der Waals surface area (Å²) in [6.07, 6.45) is 2.84. The Bertz CT molecular complexity index is 883. The van der Waals surface area contributed by atoms with E-state index >= 15 is 0 Å². The maximum Gasteiger partial charge on any atom is 0.216 e. The molecule has 2 aromatic carbocycles. The molecule has 0 saturated carbocycles. The number of nitrogens with one attached hydrogen (secondary N) is 2. The Morgan fingerprint density at radius 1 is 0.862 bits per heavy atom. The zero-order valence-electron chi connectivity index (χ0n) is 18.2. The number of hydrogen-bond donors (Lipinski definition) is 2. The van der Waals surface area contributed by atoms with Gasteiger partial charge in [-0.1, -0.05) is 30.3 Å². The third-order valence-electron chi connectivity index (χ3n) is 4.55. The third kappa shape index (κ3) is 8.03. The van der Waals surface area contributed by atoms with Crippen LogP contribution in [0.3, 0.4) is 0 Å². The lowest BCUT2D eigenvalue weighted by atomic mass is 10.2. The van der Waals surface area contributed by atoms with Crippen LogP contribution in [0.4, 0.5) is 5.69 Å². The molecule has 0 saturated heterocycles. The molecule has 0 aliphatic rings. The van der Waals surface area contributed by atoms with Crippen molar-refractivity contribution in [1.29, 1.82) is 0 Å². The zero-order valence-corrected chi connectivity index (χ0v) is 19.8. The fourth-order valence-corrected chi connectivity index (χ4v) is 4.82. The Balaban J connectivity index is 1.73. The minimum Gasteiger partial charge on any atom is -0.385 e. The molecule has 2 rings (SSSR count). The number of benzene rings is 2. The van der Waals surface area contributed by atoms with Crippen molar-refractivity contribution in [2.24, 2.45) is 0 Å². The SMILES string of the molecule is Cc1cc(C)cc(Sc2cccc(NCCCCCNS(=O)(=O)C(C)(C)C)c2)c1. The second kappa shape index (κ2) is 10.5. The van der Waals surface area contributed by atoms with Gasteiger partial charge in [0, 0.05) is 28.6 Å². The van der Waals surface area contributed by atoms with Gasteiger partial charge in [0.1, 0.15) is 0 Å². The van der Waals surface area contributed by atoms with E-state index in [0.29, 0.717) is 6.54 Å². The first kappa shape index (κ1) is 23.8. The highest BCUT2D eigenvalue weighted by atomic mass is 32.2. The number of anilines is 1. The lowest BCUT2D eigenvalue weighted by Crippen LogP contribution is -2.39. The van der Waals surface area contributed by atoms with Gasteiger partial charge in [0.25, 0.3) is 0 Å². The van der Waals surface area contributed by atoms with Gasteiger partial charge in [-0.05, 0) is 88.9 Å². The monoisotopic (exact) mass is 434 g/mol. The van der Waals surface area contributed by atoms with Gasteiger partial charge < -0.3 is 5.32 Å². The van der Waals surface area contributed by atoms with E-state index in [9.17, 15) is 8.42 Å². The first-order valence-electron chi connectivity index (χ1n) is 10.2. The van der Waals surface area contributed by atoms with Crippen molar-refractivity contribution in [2.75, 3.05) is 18.4 Å². The highest BCUT2D eigenvalue weighted by Crippen LogP contribution is 2.30. The van der Waals surface area contributed by atoms with Gasteiger partial charge >= 0.3 is 0 Å². The second-order valence-electron chi connectivity index (χ2n) is 8.45. The molecule has 0 fully saturated rings. The fraction of sp³-hybridized carbons (Fsp3) is 0.478. The van der Waals surface area contributed by atoms with E-state index in [2.05, 4.69) is 66.4 Å². The molecule has 2 N–H and O–H groups in total. The van der Waals surface area contributed by atoms with Crippen LogP contribution in [-0.2, 0) is 10.0 Å². The molecule has 0 aromatic heterocycles. The average molecular weight is 435 g/mol. The van der Waals surface area contributed by atoms with Crippen molar-refractivity contribution in [3.05, 3.63) is 53.6 Å². The van der Waals surface area contributed by atoms with Crippen molar-refractivity contribution >= 4 is 27.5 Å². The summed E-state index contributed by atoms with van der Waals surface area (Å²) in [6.45, 7) is 10.8. The van der Waals surface area contributed by atoms with E-state index in [0.717, 1.165) is 31.5 Å². The lowest BCUT2D eigenvalue weighted by molar-refractivity contribution is 0.540. The van der Waals surface area contributed by atoms with Gasteiger partial charge in [-0.2, -0.15) is 0 Å². The van der Waals surface area contributed by atoms with Crippen LogP contribution >= 0.6 is 11.8 Å². The summed E-state index contributed by atoms with van der Waals surface area (Å²) in [5.41, 5.74) is 3.69. The van der Waals surface area contributed by atoms with Crippen LogP contribution in [0.2, 0.25) is 0 Å². The predicted molar refractivity (Wildman–Crippen MR) is 125 cm³/mol. The Labute approximate surface area is 180 Å². The molecule has 29 heavy (non-hydrogen) atoms. The van der Waals surface area contributed by atoms with Crippen LogP contribution in [-0.4, -0.2) is 26.3 Å². The Morgan fingerprint density at radius 2 is 1.52 bits per heavy atom. The van der Waals surface area contributed by atoms with Crippen LogP contribution in [0.25, 0.3) is 0 Å². The van der Waals surface area contributed by atoms with Gasteiger partial charge in [0.15, 0.2) is 0 Å². The van der Waals surface area contributed by atoms with Gasteiger partial charge in [0.2, 0.25) is 10.0 Å². The van der Waals surface area contributed by atoms with Crippen LogP contribution in [0.5, 0.6) is 0 Å². The van der Waals surface area contributed by atoms with E-state index < -0.39 is 14.8 Å². The molecule has 0 amide bonds. The van der Waals surface area contributed by atoms with E-state index in [4.69, 9.17) is 0 Å². The summed E-state index contributed by atoms with van der Waals surface area (Å²) in [7, 11) is -3.24. The maximum absolute atomic E-state index is 12.0. The minimum atomic E-state index is -3.24. The quantitative estimate of drug-likeness (QED) is 0.467. The Hall–Kier alpha value is -1.50. The molecule has 0 spiro atoms. The largest absolute Gasteiger partial charge is 0.385 e. The molecule has 0 radical (unpaired) electrons. The normalized spacial score (nSPS) is 12.2. The van der Waals surface area contributed by atoms with Crippen molar-refractivity contribution in [2.45, 2.75) is 68.4 Å². The highest BCUT2D eigenvalue weighted by Gasteiger charge is 2.27. The second-order valence-corrected chi connectivity index (χ2v) is 12.1. The van der Waals surface area contributed by atoms with Crippen molar-refractivity contribution < 1.29 is 8.42 Å². The minimum absolute atomic E-state index is 0.502. The molecule has 0 unspecified atom stereocenters. The van der Waals surface area contributed by atoms with Crippen LogP contribution in [0, 0.1) is 13.8 Å². The molecule has 0 aliphatic carbocycles. The molecule has 0 heterocycles. The van der Waals surface area contributed by atoms with Crippen LogP contribution < -0.4 is 10.0 Å². The van der Waals surface area contributed by atoms with Crippen LogP contribution in [0.1, 0.15) is 51.2 Å². The van der Waals surface area contributed by atoms with E-state index in [1.54, 1.807) is 32.5 Å². The van der Waals surface area contributed by atoms with E-state index in [-0.39, 0.29) is 0 Å². The fourth-order valence-electron chi connectivity index (χ4n) is 2.88. The topological polar surface area (TPSA) is 58.2 Å². The first-order valence-corrected chi connectivity index (χ1v) is 12.5. The lowest BCUT2D eigenvalue weighted by Gasteiger charge is -2.19. The van der Waals surface area contributed by atoms with Gasteiger partial charge in [-0.25, -0.2) is 13.1 Å². The molecule has 160 valence electrons. The van der Waals surface area contributed by atoms with E-state index in [1.165, 1.54) is 20.9 Å². The molecule has 2 aromatic rings. The number of rotatable bonds is 10. The van der Waals surface area contributed by atoms with E-state index in [1.807, 2.05) is 0 Å². The number of aryl methyl sites for hydroxylation is 2.